The Morgan fingerprint density at radius 1 is 1.40 bits per heavy atom. The number of nitrogen functional groups attached to an aromatic ring is 1. The lowest BCUT2D eigenvalue weighted by molar-refractivity contribution is 0.102. The van der Waals surface area contributed by atoms with Gasteiger partial charge in [0.1, 0.15) is 6.07 Å². The highest BCUT2D eigenvalue weighted by molar-refractivity contribution is 9.10. The second-order valence-corrected chi connectivity index (χ2v) is 4.72. The van der Waals surface area contributed by atoms with Gasteiger partial charge in [-0.1, -0.05) is 12.1 Å². The third-order valence-electron chi connectivity index (χ3n) is 2.53. The molecule has 0 aliphatic heterocycles. The Morgan fingerprint density at radius 2 is 2.15 bits per heavy atom. The molecule has 2 aromatic rings. The Hall–Kier alpha value is -2.43. The van der Waals surface area contributed by atoms with E-state index in [-0.39, 0.29) is 11.4 Å². The first-order valence-electron chi connectivity index (χ1n) is 5.58. The fraction of sp³-hybridized carbons (Fsp3) is 0. The quantitative estimate of drug-likeness (QED) is 0.591. The highest BCUT2D eigenvalue weighted by atomic mass is 79.9. The molecule has 0 aliphatic rings. The summed E-state index contributed by atoms with van der Waals surface area (Å²) in [5.41, 5.74) is 3.45. The minimum Gasteiger partial charge on any atom is -0.321 e. The van der Waals surface area contributed by atoms with Crippen molar-refractivity contribution in [3.8, 4) is 6.07 Å². The fourth-order valence-electron chi connectivity index (χ4n) is 1.61. The van der Waals surface area contributed by atoms with Gasteiger partial charge in [0.05, 0.1) is 16.8 Å². The van der Waals surface area contributed by atoms with Gasteiger partial charge in [-0.05, 0) is 34.1 Å². The Kier molecular flexibility index (Phi) is 4.30. The van der Waals surface area contributed by atoms with Crippen LogP contribution in [0.5, 0.6) is 0 Å². The van der Waals surface area contributed by atoms with Crippen molar-refractivity contribution in [1.82, 2.24) is 4.98 Å². The molecular formula is C13H10BrN5O. The molecule has 0 unspecified atom stereocenters. The molecule has 1 aromatic heterocycles. The van der Waals surface area contributed by atoms with Crippen LogP contribution in [0.15, 0.2) is 41.0 Å². The smallest absolute Gasteiger partial charge is 0.259 e. The Bertz CT molecular complexity index is 695. The summed E-state index contributed by atoms with van der Waals surface area (Å²) in [7, 11) is 0. The molecule has 0 spiro atoms. The highest BCUT2D eigenvalue weighted by Gasteiger charge is 2.14. The van der Waals surface area contributed by atoms with E-state index in [4.69, 9.17) is 11.1 Å². The van der Waals surface area contributed by atoms with Crippen LogP contribution >= 0.6 is 15.9 Å². The van der Waals surface area contributed by atoms with E-state index in [2.05, 4.69) is 31.7 Å². The van der Waals surface area contributed by atoms with Crippen LogP contribution in [0.1, 0.15) is 15.9 Å². The van der Waals surface area contributed by atoms with Gasteiger partial charge in [-0.25, -0.2) is 10.8 Å². The van der Waals surface area contributed by atoms with Gasteiger partial charge >= 0.3 is 0 Å². The van der Waals surface area contributed by atoms with E-state index in [1.165, 1.54) is 6.20 Å². The van der Waals surface area contributed by atoms with E-state index in [9.17, 15) is 4.79 Å². The number of nitriles is 1. The van der Waals surface area contributed by atoms with Gasteiger partial charge < -0.3 is 10.7 Å². The predicted molar refractivity (Wildman–Crippen MR) is 78.9 cm³/mol. The summed E-state index contributed by atoms with van der Waals surface area (Å²) in [5, 5.41) is 11.7. The van der Waals surface area contributed by atoms with Crippen LogP contribution in [0, 0.1) is 11.3 Å². The lowest BCUT2D eigenvalue weighted by Crippen LogP contribution is -2.18. The van der Waals surface area contributed by atoms with Gasteiger partial charge in [-0.2, -0.15) is 5.26 Å². The van der Waals surface area contributed by atoms with E-state index in [1.807, 2.05) is 6.07 Å². The van der Waals surface area contributed by atoms with Crippen molar-refractivity contribution in [3.63, 3.8) is 0 Å². The standard InChI is InChI=1S/C13H10BrN5O/c14-9-5-10(12(19-16)17-7-9)13(20)18-11-4-2-1-3-8(11)6-15/h1-5,7H,16H2,(H,17,19)(H,18,20). The number of halogens is 1. The minimum absolute atomic E-state index is 0.250. The number of aromatic nitrogens is 1. The number of hydrogen-bond donors (Lipinski definition) is 3. The summed E-state index contributed by atoms with van der Waals surface area (Å²) in [6.45, 7) is 0. The van der Waals surface area contributed by atoms with E-state index in [0.29, 0.717) is 15.7 Å². The monoisotopic (exact) mass is 331 g/mol. The molecule has 4 N–H and O–H groups in total. The number of hydrazine groups is 1. The fourth-order valence-corrected chi connectivity index (χ4v) is 1.94. The Labute approximate surface area is 123 Å². The summed E-state index contributed by atoms with van der Waals surface area (Å²) in [6.07, 6.45) is 1.52. The van der Waals surface area contributed by atoms with Crippen molar-refractivity contribution in [1.29, 1.82) is 5.26 Å². The van der Waals surface area contributed by atoms with Crippen LogP contribution in [0.2, 0.25) is 0 Å². The van der Waals surface area contributed by atoms with Crippen LogP contribution in [0.25, 0.3) is 0 Å². The maximum Gasteiger partial charge on any atom is 0.259 e. The number of pyridine rings is 1. The zero-order valence-electron chi connectivity index (χ0n) is 10.2. The van der Waals surface area contributed by atoms with Gasteiger partial charge in [0.2, 0.25) is 0 Å². The number of benzene rings is 1. The van der Waals surface area contributed by atoms with Crippen LogP contribution < -0.4 is 16.6 Å². The topological polar surface area (TPSA) is 104 Å². The number of hydrogen-bond acceptors (Lipinski definition) is 5. The normalized spacial score (nSPS) is 9.65. The van der Waals surface area contributed by atoms with Gasteiger partial charge in [0.25, 0.3) is 5.91 Å². The third kappa shape index (κ3) is 2.93. The summed E-state index contributed by atoms with van der Waals surface area (Å²) in [4.78, 5) is 16.2. The van der Waals surface area contributed by atoms with Crippen molar-refractivity contribution in [3.05, 3.63) is 52.1 Å². The highest BCUT2D eigenvalue weighted by Crippen LogP contribution is 2.20. The molecule has 7 heteroatoms. The van der Waals surface area contributed by atoms with Gasteiger partial charge in [0, 0.05) is 10.7 Å². The largest absolute Gasteiger partial charge is 0.321 e. The third-order valence-corrected chi connectivity index (χ3v) is 2.97. The lowest BCUT2D eigenvalue weighted by atomic mass is 10.1. The van der Waals surface area contributed by atoms with Gasteiger partial charge in [-0.3, -0.25) is 4.79 Å². The van der Waals surface area contributed by atoms with Crippen LogP contribution in [-0.4, -0.2) is 10.9 Å². The van der Waals surface area contributed by atoms with Gasteiger partial charge in [0.15, 0.2) is 5.82 Å². The average molecular weight is 332 g/mol. The van der Waals surface area contributed by atoms with E-state index in [0.717, 1.165) is 0 Å². The first kappa shape index (κ1) is 14.0. The number of anilines is 2. The molecule has 0 fully saturated rings. The summed E-state index contributed by atoms with van der Waals surface area (Å²) in [5.74, 6) is 5.17. The Balaban J connectivity index is 2.33. The van der Waals surface area contributed by atoms with Crippen molar-refractivity contribution in [2.75, 3.05) is 10.7 Å². The second kappa shape index (κ2) is 6.14. The predicted octanol–water partition coefficient (Wildman–Crippen LogP) is 2.25. The molecule has 2 rings (SSSR count). The summed E-state index contributed by atoms with van der Waals surface area (Å²) < 4.78 is 0.648. The number of amides is 1. The van der Waals surface area contributed by atoms with Crippen molar-refractivity contribution >= 4 is 33.3 Å². The first-order chi connectivity index (χ1) is 9.65. The zero-order valence-corrected chi connectivity index (χ0v) is 11.8. The number of para-hydroxylation sites is 1. The molecule has 100 valence electrons. The molecule has 0 saturated heterocycles. The van der Waals surface area contributed by atoms with E-state index >= 15 is 0 Å². The molecule has 1 heterocycles. The summed E-state index contributed by atoms with van der Waals surface area (Å²) >= 11 is 3.24. The molecular weight excluding hydrogens is 322 g/mol. The number of nitrogens with zero attached hydrogens (tertiary/aromatic N) is 2. The lowest BCUT2D eigenvalue weighted by Gasteiger charge is -2.10. The van der Waals surface area contributed by atoms with Crippen LogP contribution in [-0.2, 0) is 0 Å². The van der Waals surface area contributed by atoms with Crippen molar-refractivity contribution < 1.29 is 4.79 Å². The number of carbonyl (C=O) groups excluding carboxylic acids is 1. The molecule has 0 radical (unpaired) electrons. The van der Waals surface area contributed by atoms with Crippen molar-refractivity contribution in [2.24, 2.45) is 5.84 Å². The molecule has 0 saturated carbocycles. The zero-order chi connectivity index (χ0) is 14.5. The average Bonchev–Trinajstić information content (AvgIpc) is 2.47. The number of nitrogens with two attached hydrogens (primary N) is 1. The van der Waals surface area contributed by atoms with E-state index < -0.39 is 5.91 Å². The van der Waals surface area contributed by atoms with Gasteiger partial charge in [-0.15, -0.1) is 0 Å². The molecule has 0 bridgehead atoms. The van der Waals surface area contributed by atoms with Crippen LogP contribution in [0.4, 0.5) is 11.5 Å². The number of carbonyl (C=O) groups is 1. The van der Waals surface area contributed by atoms with Crippen molar-refractivity contribution in [2.45, 2.75) is 0 Å². The Morgan fingerprint density at radius 3 is 2.85 bits per heavy atom. The molecule has 1 aromatic carbocycles. The second-order valence-electron chi connectivity index (χ2n) is 3.81. The number of rotatable bonds is 3. The minimum atomic E-state index is -0.408. The molecule has 0 atom stereocenters. The molecule has 20 heavy (non-hydrogen) atoms. The molecule has 6 nitrogen and oxygen atoms in total. The first-order valence-corrected chi connectivity index (χ1v) is 6.37. The van der Waals surface area contributed by atoms with E-state index in [1.54, 1.807) is 30.3 Å². The molecule has 1 amide bonds. The number of nitrogens with one attached hydrogen (secondary N) is 2. The maximum atomic E-state index is 12.2. The maximum absolute atomic E-state index is 12.2. The summed E-state index contributed by atoms with van der Waals surface area (Å²) in [6, 6.07) is 10.3. The molecule has 0 aliphatic carbocycles. The SMILES string of the molecule is N#Cc1ccccc1NC(=O)c1cc(Br)cnc1NN. The van der Waals surface area contributed by atoms with Crippen LogP contribution in [0.3, 0.4) is 0 Å².